The van der Waals surface area contributed by atoms with Crippen LogP contribution in [0.25, 0.3) is 23.1 Å². The zero-order valence-electron chi connectivity index (χ0n) is 10.5. The van der Waals surface area contributed by atoms with Crippen LogP contribution in [-0.2, 0) is 0 Å². The molecule has 2 heterocycles. The van der Waals surface area contributed by atoms with Crippen LogP contribution >= 0.6 is 11.6 Å². The van der Waals surface area contributed by atoms with Gasteiger partial charge in [0.05, 0.1) is 10.6 Å². The van der Waals surface area contributed by atoms with Gasteiger partial charge in [-0.15, -0.1) is 0 Å². The van der Waals surface area contributed by atoms with Crippen LogP contribution in [0.1, 0.15) is 5.56 Å². The number of hydrogen-bond donors (Lipinski definition) is 1. The largest absolute Gasteiger partial charge is 0.398 e. The smallest absolute Gasteiger partial charge is 0.261 e. The van der Waals surface area contributed by atoms with Crippen molar-refractivity contribution in [1.82, 2.24) is 20.1 Å². The molecule has 20 heavy (non-hydrogen) atoms. The van der Waals surface area contributed by atoms with Crippen molar-refractivity contribution in [3.05, 3.63) is 41.2 Å². The van der Waals surface area contributed by atoms with Crippen LogP contribution in [0.4, 0.5) is 5.69 Å². The second-order valence-electron chi connectivity index (χ2n) is 4.21. The molecule has 3 rings (SSSR count). The van der Waals surface area contributed by atoms with Crippen LogP contribution in [-0.4, -0.2) is 20.1 Å². The number of halogens is 1. The Morgan fingerprint density at radius 1 is 1.15 bits per heavy atom. The van der Waals surface area contributed by atoms with Crippen LogP contribution in [0.3, 0.4) is 0 Å². The van der Waals surface area contributed by atoms with Crippen molar-refractivity contribution >= 4 is 17.3 Å². The molecule has 0 saturated heterocycles. The van der Waals surface area contributed by atoms with Gasteiger partial charge in [0.1, 0.15) is 0 Å². The SMILES string of the molecule is Cc1cnc(-c2noc(-c3c(N)cccc3Cl)n2)nc1. The number of nitrogens with zero attached hydrogens (tertiary/aromatic N) is 4. The Labute approximate surface area is 119 Å². The molecule has 0 atom stereocenters. The first-order chi connectivity index (χ1) is 9.65. The van der Waals surface area contributed by atoms with E-state index in [0.717, 1.165) is 5.56 Å². The van der Waals surface area contributed by atoms with Crippen molar-refractivity contribution in [2.75, 3.05) is 5.73 Å². The molecule has 6 nitrogen and oxygen atoms in total. The minimum Gasteiger partial charge on any atom is -0.398 e. The normalized spacial score (nSPS) is 10.7. The standard InChI is InChI=1S/C13H10ClN5O/c1-7-5-16-11(17-6-7)12-18-13(20-19-12)10-8(14)3-2-4-9(10)15/h2-6H,15H2,1H3. The highest BCUT2D eigenvalue weighted by atomic mass is 35.5. The fraction of sp³-hybridized carbons (Fsp3) is 0.0769. The Morgan fingerprint density at radius 3 is 2.60 bits per heavy atom. The Balaban J connectivity index is 2.04. The molecule has 2 N–H and O–H groups in total. The zero-order chi connectivity index (χ0) is 14.1. The van der Waals surface area contributed by atoms with E-state index >= 15 is 0 Å². The summed E-state index contributed by atoms with van der Waals surface area (Å²) in [5, 5.41) is 4.30. The van der Waals surface area contributed by atoms with E-state index in [1.54, 1.807) is 30.6 Å². The van der Waals surface area contributed by atoms with Gasteiger partial charge in [-0.1, -0.05) is 22.8 Å². The molecule has 0 aliphatic heterocycles. The van der Waals surface area contributed by atoms with Gasteiger partial charge in [0.25, 0.3) is 5.89 Å². The van der Waals surface area contributed by atoms with Gasteiger partial charge in [-0.25, -0.2) is 9.97 Å². The number of aryl methyl sites for hydroxylation is 1. The maximum atomic E-state index is 6.10. The van der Waals surface area contributed by atoms with E-state index in [9.17, 15) is 0 Å². The number of anilines is 1. The Bertz CT molecular complexity index is 733. The highest BCUT2D eigenvalue weighted by Gasteiger charge is 2.17. The molecule has 100 valence electrons. The summed E-state index contributed by atoms with van der Waals surface area (Å²) < 4.78 is 5.19. The minimum atomic E-state index is 0.243. The third kappa shape index (κ3) is 2.21. The van der Waals surface area contributed by atoms with Crippen molar-refractivity contribution in [3.63, 3.8) is 0 Å². The zero-order valence-corrected chi connectivity index (χ0v) is 11.3. The first kappa shape index (κ1) is 12.6. The molecular weight excluding hydrogens is 278 g/mol. The van der Waals surface area contributed by atoms with Crippen molar-refractivity contribution in [2.45, 2.75) is 6.92 Å². The van der Waals surface area contributed by atoms with Crippen molar-refractivity contribution < 1.29 is 4.52 Å². The van der Waals surface area contributed by atoms with Gasteiger partial charge in [-0.2, -0.15) is 4.98 Å². The predicted octanol–water partition coefficient (Wildman–Crippen LogP) is 2.74. The predicted molar refractivity (Wildman–Crippen MR) is 74.9 cm³/mol. The molecule has 7 heteroatoms. The number of nitrogen functional groups attached to an aromatic ring is 1. The van der Waals surface area contributed by atoms with Gasteiger partial charge in [0.15, 0.2) is 0 Å². The molecule has 0 bridgehead atoms. The second kappa shape index (κ2) is 4.90. The van der Waals surface area contributed by atoms with Crippen LogP contribution in [0.5, 0.6) is 0 Å². The minimum absolute atomic E-state index is 0.243. The molecule has 0 unspecified atom stereocenters. The van der Waals surface area contributed by atoms with E-state index in [1.165, 1.54) is 0 Å². The molecule has 1 aromatic carbocycles. The number of hydrogen-bond acceptors (Lipinski definition) is 6. The molecule has 0 aliphatic carbocycles. The van der Waals surface area contributed by atoms with Crippen LogP contribution in [0, 0.1) is 6.92 Å². The van der Waals surface area contributed by atoms with E-state index in [-0.39, 0.29) is 5.89 Å². The summed E-state index contributed by atoms with van der Waals surface area (Å²) in [6, 6.07) is 5.18. The first-order valence-corrected chi connectivity index (χ1v) is 6.20. The topological polar surface area (TPSA) is 90.7 Å². The van der Waals surface area contributed by atoms with E-state index < -0.39 is 0 Å². The molecule has 0 aliphatic rings. The lowest BCUT2D eigenvalue weighted by Crippen LogP contribution is -1.92. The summed E-state index contributed by atoms with van der Waals surface area (Å²) >= 11 is 6.10. The quantitative estimate of drug-likeness (QED) is 0.729. The summed E-state index contributed by atoms with van der Waals surface area (Å²) in [6.07, 6.45) is 3.37. The third-order valence-corrected chi connectivity index (χ3v) is 2.98. The summed E-state index contributed by atoms with van der Waals surface area (Å²) in [6.45, 7) is 1.90. The van der Waals surface area contributed by atoms with Gasteiger partial charge >= 0.3 is 0 Å². The molecule has 2 aromatic heterocycles. The van der Waals surface area contributed by atoms with E-state index in [0.29, 0.717) is 27.9 Å². The number of rotatable bonds is 2. The fourth-order valence-electron chi connectivity index (χ4n) is 1.69. The maximum absolute atomic E-state index is 6.10. The van der Waals surface area contributed by atoms with Crippen molar-refractivity contribution in [1.29, 1.82) is 0 Å². The molecule has 0 amide bonds. The third-order valence-electron chi connectivity index (χ3n) is 2.67. The highest BCUT2D eigenvalue weighted by molar-refractivity contribution is 6.33. The van der Waals surface area contributed by atoms with Crippen molar-refractivity contribution in [3.8, 4) is 23.1 Å². The van der Waals surface area contributed by atoms with Crippen molar-refractivity contribution in [2.24, 2.45) is 0 Å². The summed E-state index contributed by atoms with van der Waals surface area (Å²) in [7, 11) is 0. The molecule has 3 aromatic rings. The van der Waals surface area contributed by atoms with Gasteiger partial charge < -0.3 is 10.3 Å². The van der Waals surface area contributed by atoms with Gasteiger partial charge in [0, 0.05) is 18.1 Å². The van der Waals surface area contributed by atoms with Crippen LogP contribution < -0.4 is 5.73 Å². The van der Waals surface area contributed by atoms with E-state index in [1.807, 2.05) is 6.92 Å². The first-order valence-electron chi connectivity index (χ1n) is 5.82. The molecule has 0 saturated carbocycles. The lowest BCUT2D eigenvalue weighted by atomic mass is 10.2. The fourth-order valence-corrected chi connectivity index (χ4v) is 1.95. The summed E-state index contributed by atoms with van der Waals surface area (Å²) in [5.74, 6) is 0.919. The van der Waals surface area contributed by atoms with E-state index in [2.05, 4.69) is 20.1 Å². The molecular formula is C13H10ClN5O. The van der Waals surface area contributed by atoms with Gasteiger partial charge in [-0.05, 0) is 24.6 Å². The average molecular weight is 288 g/mol. The average Bonchev–Trinajstić information content (AvgIpc) is 2.89. The number of benzene rings is 1. The monoisotopic (exact) mass is 287 g/mol. The van der Waals surface area contributed by atoms with Crippen LogP contribution in [0.2, 0.25) is 5.02 Å². The highest BCUT2D eigenvalue weighted by Crippen LogP contribution is 2.32. The Hall–Kier alpha value is -2.47. The Kier molecular flexibility index (Phi) is 3.08. The lowest BCUT2D eigenvalue weighted by molar-refractivity contribution is 0.432. The maximum Gasteiger partial charge on any atom is 0.261 e. The van der Waals surface area contributed by atoms with Gasteiger partial charge in [0.2, 0.25) is 11.6 Å². The van der Waals surface area contributed by atoms with Gasteiger partial charge in [-0.3, -0.25) is 0 Å². The molecule has 0 spiro atoms. The van der Waals surface area contributed by atoms with Crippen LogP contribution in [0.15, 0.2) is 35.1 Å². The molecule has 0 fully saturated rings. The number of nitrogens with two attached hydrogens (primary N) is 1. The number of aromatic nitrogens is 4. The van der Waals surface area contributed by atoms with E-state index in [4.69, 9.17) is 21.9 Å². The molecule has 0 radical (unpaired) electrons. The summed E-state index contributed by atoms with van der Waals surface area (Å²) in [4.78, 5) is 12.5. The second-order valence-corrected chi connectivity index (χ2v) is 4.62. The lowest BCUT2D eigenvalue weighted by Gasteiger charge is -2.01. The Morgan fingerprint density at radius 2 is 1.90 bits per heavy atom. The summed E-state index contributed by atoms with van der Waals surface area (Å²) in [5.41, 5.74) is 7.81.